The number of carbonyl (C=O) groups is 1. The van der Waals surface area contributed by atoms with Crippen LogP contribution in [-0.2, 0) is 16.4 Å². The van der Waals surface area contributed by atoms with Crippen molar-refractivity contribution in [3.63, 3.8) is 0 Å². The lowest BCUT2D eigenvalue weighted by molar-refractivity contribution is 0.0697. The van der Waals surface area contributed by atoms with Crippen LogP contribution >= 0.6 is 0 Å². The predicted molar refractivity (Wildman–Crippen MR) is 119 cm³/mol. The lowest BCUT2D eigenvalue weighted by Crippen LogP contribution is -2.18. The number of carboxylic acid groups (broad SMARTS) is 1. The summed E-state index contributed by atoms with van der Waals surface area (Å²) in [5, 5.41) is 18.6. The van der Waals surface area contributed by atoms with E-state index in [2.05, 4.69) is 4.72 Å². The van der Waals surface area contributed by atoms with Gasteiger partial charge in [-0.2, -0.15) is 0 Å². The van der Waals surface area contributed by atoms with Gasteiger partial charge in [-0.25, -0.2) is 13.2 Å². The van der Waals surface area contributed by atoms with E-state index in [1.54, 1.807) is 6.07 Å². The number of hydrogen-bond donors (Lipinski definition) is 3. The summed E-state index contributed by atoms with van der Waals surface area (Å²) < 4.78 is 39.7. The van der Waals surface area contributed by atoms with Crippen LogP contribution in [0.25, 0.3) is 0 Å². The number of aromatic carboxylic acids is 1. The van der Waals surface area contributed by atoms with Gasteiger partial charge in [0.1, 0.15) is 23.8 Å². The second-order valence-corrected chi connectivity index (χ2v) is 8.45. The summed E-state index contributed by atoms with van der Waals surface area (Å²) >= 11 is 0. The van der Waals surface area contributed by atoms with Crippen LogP contribution in [0.15, 0.2) is 71.6 Å². The molecule has 0 spiro atoms. The van der Waals surface area contributed by atoms with Crippen LogP contribution in [0, 0.1) is 0 Å². The second kappa shape index (κ2) is 10.2. The topological polar surface area (TPSA) is 122 Å². The monoisotopic (exact) mass is 457 g/mol. The van der Waals surface area contributed by atoms with Crippen LogP contribution in [0.2, 0.25) is 0 Å². The molecule has 32 heavy (non-hydrogen) atoms. The number of hydrogen-bond acceptors (Lipinski definition) is 6. The van der Waals surface area contributed by atoms with Crippen LogP contribution in [0.3, 0.4) is 0 Å². The summed E-state index contributed by atoms with van der Waals surface area (Å²) in [5.41, 5.74) is 0.890. The number of aliphatic hydroxyl groups is 1. The Balaban J connectivity index is 2.06. The van der Waals surface area contributed by atoms with Crippen molar-refractivity contribution in [1.29, 1.82) is 0 Å². The molecule has 9 heteroatoms. The van der Waals surface area contributed by atoms with Gasteiger partial charge in [-0.3, -0.25) is 4.72 Å². The van der Waals surface area contributed by atoms with Crippen LogP contribution < -0.4 is 14.2 Å². The zero-order valence-corrected chi connectivity index (χ0v) is 18.1. The van der Waals surface area contributed by atoms with Crippen molar-refractivity contribution < 1.29 is 32.9 Å². The maximum absolute atomic E-state index is 13.4. The molecule has 0 fully saturated rings. The third kappa shape index (κ3) is 5.37. The van der Waals surface area contributed by atoms with E-state index in [0.29, 0.717) is 17.7 Å². The molecule has 0 atom stereocenters. The van der Waals surface area contributed by atoms with Crippen molar-refractivity contribution in [2.24, 2.45) is 0 Å². The number of methoxy groups -OCH3 is 1. The van der Waals surface area contributed by atoms with Gasteiger partial charge >= 0.3 is 5.97 Å². The van der Waals surface area contributed by atoms with E-state index in [4.69, 9.17) is 14.6 Å². The lowest BCUT2D eigenvalue weighted by atomic mass is 10.0. The van der Waals surface area contributed by atoms with E-state index < -0.39 is 16.0 Å². The Kier molecular flexibility index (Phi) is 7.34. The van der Waals surface area contributed by atoms with Crippen molar-refractivity contribution >= 4 is 21.7 Å². The van der Waals surface area contributed by atoms with Gasteiger partial charge in [0.15, 0.2) is 0 Å². The Morgan fingerprint density at radius 2 is 1.78 bits per heavy atom. The SMILES string of the molecule is COc1ccc(S(=O)(=O)Nc2c(OCCO)cccc2C(=O)O)c(Cc2ccccc2)c1. The molecular formula is C23H23NO7S. The molecule has 3 rings (SSSR count). The largest absolute Gasteiger partial charge is 0.497 e. The zero-order valence-electron chi connectivity index (χ0n) is 17.3. The number of carboxylic acids is 1. The molecule has 3 aromatic carbocycles. The van der Waals surface area contributed by atoms with Crippen LogP contribution in [0.4, 0.5) is 5.69 Å². The van der Waals surface area contributed by atoms with Crippen molar-refractivity contribution in [3.8, 4) is 11.5 Å². The van der Waals surface area contributed by atoms with Gasteiger partial charge in [0.05, 0.1) is 24.2 Å². The van der Waals surface area contributed by atoms with Crippen molar-refractivity contribution in [3.05, 3.63) is 83.4 Å². The van der Waals surface area contributed by atoms with Gasteiger partial charge in [-0.05, 0) is 47.9 Å². The highest BCUT2D eigenvalue weighted by Gasteiger charge is 2.25. The molecule has 0 aliphatic carbocycles. The minimum Gasteiger partial charge on any atom is -0.497 e. The molecule has 0 heterocycles. The lowest BCUT2D eigenvalue weighted by Gasteiger charge is -2.17. The minimum atomic E-state index is -4.20. The molecule has 0 radical (unpaired) electrons. The quantitative estimate of drug-likeness (QED) is 0.427. The first-order valence-electron chi connectivity index (χ1n) is 9.69. The first-order chi connectivity index (χ1) is 15.4. The van der Waals surface area contributed by atoms with Gasteiger partial charge in [-0.1, -0.05) is 36.4 Å². The Hall–Kier alpha value is -3.56. The summed E-state index contributed by atoms with van der Waals surface area (Å²) in [4.78, 5) is 11.7. The molecule has 8 nitrogen and oxygen atoms in total. The second-order valence-electron chi connectivity index (χ2n) is 6.80. The average molecular weight is 458 g/mol. The number of sulfonamides is 1. The molecule has 0 aliphatic rings. The fourth-order valence-electron chi connectivity index (χ4n) is 3.18. The summed E-state index contributed by atoms with van der Waals surface area (Å²) in [7, 11) is -2.72. The first kappa shape index (κ1) is 23.1. The smallest absolute Gasteiger partial charge is 0.337 e. The van der Waals surface area contributed by atoms with E-state index >= 15 is 0 Å². The number of rotatable bonds is 10. The molecule has 0 aliphatic heterocycles. The summed E-state index contributed by atoms with van der Waals surface area (Å²) in [5.74, 6) is -0.829. The molecule has 0 aromatic heterocycles. The Morgan fingerprint density at radius 1 is 1.03 bits per heavy atom. The highest BCUT2D eigenvalue weighted by Crippen LogP contribution is 2.33. The Bertz CT molecular complexity index is 1190. The fraction of sp³-hybridized carbons (Fsp3) is 0.174. The average Bonchev–Trinajstić information content (AvgIpc) is 2.78. The van der Waals surface area contributed by atoms with Gasteiger partial charge in [-0.15, -0.1) is 0 Å². The minimum absolute atomic E-state index is 0.000598. The summed E-state index contributed by atoms with van der Waals surface area (Å²) in [6, 6.07) is 18.0. The van der Waals surface area contributed by atoms with E-state index in [0.717, 1.165) is 5.56 Å². The molecule has 0 saturated carbocycles. The standard InChI is InChI=1S/C23H23NO7S/c1-30-18-10-11-21(17(15-18)14-16-6-3-2-4-7-16)32(28,29)24-22-19(23(26)27)8-5-9-20(22)31-13-12-25/h2-11,15,24-25H,12-14H2,1H3,(H,26,27). The first-order valence-corrected chi connectivity index (χ1v) is 11.2. The summed E-state index contributed by atoms with van der Waals surface area (Å²) in [6.07, 6.45) is 0.322. The van der Waals surface area contributed by atoms with Crippen molar-refractivity contribution in [1.82, 2.24) is 0 Å². The van der Waals surface area contributed by atoms with Crippen LogP contribution in [0.5, 0.6) is 11.5 Å². The number of ether oxygens (including phenoxy) is 2. The molecular weight excluding hydrogens is 434 g/mol. The Labute approximate surface area is 186 Å². The van der Waals surface area contributed by atoms with Crippen LogP contribution in [0.1, 0.15) is 21.5 Å². The molecule has 0 amide bonds. The fourth-order valence-corrected chi connectivity index (χ4v) is 4.49. The molecule has 0 unspecified atom stereocenters. The van der Waals surface area contributed by atoms with E-state index in [1.807, 2.05) is 30.3 Å². The maximum Gasteiger partial charge on any atom is 0.337 e. The number of anilines is 1. The summed E-state index contributed by atoms with van der Waals surface area (Å²) in [6.45, 7) is -0.442. The molecule has 3 aromatic rings. The van der Waals surface area contributed by atoms with Gasteiger partial charge in [0, 0.05) is 0 Å². The van der Waals surface area contributed by atoms with Crippen molar-refractivity contribution in [2.45, 2.75) is 11.3 Å². The van der Waals surface area contributed by atoms with Crippen LogP contribution in [-0.4, -0.2) is 44.9 Å². The van der Waals surface area contributed by atoms with E-state index in [1.165, 1.54) is 37.4 Å². The molecule has 168 valence electrons. The number of benzene rings is 3. The van der Waals surface area contributed by atoms with E-state index in [-0.39, 0.29) is 35.1 Å². The number of para-hydroxylation sites is 1. The molecule has 0 bridgehead atoms. The van der Waals surface area contributed by atoms with Crippen molar-refractivity contribution in [2.75, 3.05) is 25.0 Å². The van der Waals surface area contributed by atoms with Gasteiger partial charge < -0.3 is 19.7 Å². The highest BCUT2D eigenvalue weighted by molar-refractivity contribution is 7.92. The molecule has 0 saturated heterocycles. The third-order valence-electron chi connectivity index (χ3n) is 4.64. The zero-order chi connectivity index (χ0) is 23.1. The highest BCUT2D eigenvalue weighted by atomic mass is 32.2. The molecule has 3 N–H and O–H groups in total. The predicted octanol–water partition coefficient (Wildman–Crippen LogP) is 3.16. The number of nitrogens with one attached hydrogen (secondary N) is 1. The third-order valence-corrected chi connectivity index (χ3v) is 6.09. The Morgan fingerprint density at radius 3 is 2.44 bits per heavy atom. The maximum atomic E-state index is 13.4. The van der Waals surface area contributed by atoms with Gasteiger partial charge in [0.2, 0.25) is 0 Å². The number of aliphatic hydroxyl groups excluding tert-OH is 1. The van der Waals surface area contributed by atoms with Gasteiger partial charge in [0.25, 0.3) is 10.0 Å². The van der Waals surface area contributed by atoms with E-state index in [9.17, 15) is 18.3 Å². The normalized spacial score (nSPS) is 11.1.